The van der Waals surface area contributed by atoms with Crippen molar-refractivity contribution in [2.24, 2.45) is 0 Å². The van der Waals surface area contributed by atoms with Crippen molar-refractivity contribution in [2.75, 3.05) is 0 Å². The van der Waals surface area contributed by atoms with E-state index in [1.807, 2.05) is 31.2 Å². The number of hydrogen-bond acceptors (Lipinski definition) is 6. The highest BCUT2D eigenvalue weighted by Gasteiger charge is 2.12. The predicted octanol–water partition coefficient (Wildman–Crippen LogP) is 1.53. The minimum Gasteiger partial charge on any atom is -0.504 e. The van der Waals surface area contributed by atoms with E-state index in [9.17, 15) is 9.90 Å². The van der Waals surface area contributed by atoms with Crippen molar-refractivity contribution >= 4 is 11.5 Å². The third-order valence-electron chi connectivity index (χ3n) is 3.20. The summed E-state index contributed by atoms with van der Waals surface area (Å²) in [5.41, 5.74) is 2.50. The van der Waals surface area contributed by atoms with Crippen LogP contribution in [0.15, 0.2) is 42.6 Å². The van der Waals surface area contributed by atoms with E-state index >= 15 is 0 Å². The number of aliphatic hydroxyl groups excluding tert-OH is 1. The zero-order valence-electron chi connectivity index (χ0n) is 12.3. The summed E-state index contributed by atoms with van der Waals surface area (Å²) in [4.78, 5) is 12.1. The molecule has 2 heterocycles. The van der Waals surface area contributed by atoms with Crippen LogP contribution in [0.4, 0.5) is 0 Å². The molecule has 2 aromatic heterocycles. The quantitative estimate of drug-likeness (QED) is 0.420. The molecule has 116 valence electrons. The molecule has 0 aliphatic carbocycles. The molecule has 0 aliphatic heterocycles. The minimum atomic E-state index is -0.435. The SMILES string of the molecule is Cc1ccc(Cn2ccc(C(=O)C=C(O)c3nn[nH]n3)n2)cc1. The molecule has 0 spiro atoms. The van der Waals surface area contributed by atoms with Crippen molar-refractivity contribution in [3.63, 3.8) is 0 Å². The van der Waals surface area contributed by atoms with Crippen molar-refractivity contribution in [2.45, 2.75) is 13.5 Å². The number of aromatic amines is 1. The van der Waals surface area contributed by atoms with Crippen LogP contribution in [0, 0.1) is 6.92 Å². The van der Waals surface area contributed by atoms with E-state index in [-0.39, 0.29) is 17.3 Å². The molecule has 0 unspecified atom stereocenters. The number of allylic oxidation sites excluding steroid dienone is 1. The third-order valence-corrected chi connectivity index (χ3v) is 3.20. The second-order valence-electron chi connectivity index (χ2n) is 5.01. The van der Waals surface area contributed by atoms with Crippen molar-refractivity contribution in [3.8, 4) is 0 Å². The first-order chi connectivity index (χ1) is 11.1. The molecular formula is C15H14N6O2. The summed E-state index contributed by atoms with van der Waals surface area (Å²) in [6.07, 6.45) is 2.73. The summed E-state index contributed by atoms with van der Waals surface area (Å²) >= 11 is 0. The van der Waals surface area contributed by atoms with Crippen LogP contribution in [0.5, 0.6) is 0 Å². The second kappa shape index (κ2) is 6.22. The Balaban J connectivity index is 1.72. The summed E-state index contributed by atoms with van der Waals surface area (Å²) in [7, 11) is 0. The lowest BCUT2D eigenvalue weighted by Crippen LogP contribution is -2.04. The van der Waals surface area contributed by atoms with Gasteiger partial charge in [-0.25, -0.2) is 0 Å². The Morgan fingerprint density at radius 2 is 2.09 bits per heavy atom. The van der Waals surface area contributed by atoms with E-state index in [1.165, 1.54) is 5.56 Å². The smallest absolute Gasteiger partial charge is 0.239 e. The van der Waals surface area contributed by atoms with Gasteiger partial charge < -0.3 is 5.11 Å². The number of aryl methyl sites for hydroxylation is 1. The molecule has 0 saturated carbocycles. The largest absolute Gasteiger partial charge is 0.504 e. The fourth-order valence-corrected chi connectivity index (χ4v) is 1.99. The lowest BCUT2D eigenvalue weighted by Gasteiger charge is -2.02. The summed E-state index contributed by atoms with van der Waals surface area (Å²) < 4.78 is 1.66. The first-order valence-corrected chi connectivity index (χ1v) is 6.89. The van der Waals surface area contributed by atoms with Gasteiger partial charge in [-0.05, 0) is 23.8 Å². The lowest BCUT2D eigenvalue weighted by atomic mass is 10.1. The summed E-state index contributed by atoms with van der Waals surface area (Å²) in [5, 5.41) is 26.6. The average Bonchev–Trinajstić information content (AvgIpc) is 3.21. The Kier molecular flexibility index (Phi) is 3.96. The number of tetrazole rings is 1. The fourth-order valence-electron chi connectivity index (χ4n) is 1.99. The van der Waals surface area contributed by atoms with Gasteiger partial charge in [0.25, 0.3) is 0 Å². The van der Waals surface area contributed by atoms with Gasteiger partial charge in [0, 0.05) is 12.3 Å². The number of benzene rings is 1. The zero-order valence-corrected chi connectivity index (χ0v) is 12.3. The Hall–Kier alpha value is -3.29. The van der Waals surface area contributed by atoms with Gasteiger partial charge in [0.05, 0.1) is 6.54 Å². The standard InChI is InChI=1S/C15H14N6O2/c1-10-2-4-11(5-3-10)9-21-7-6-12(18-21)13(22)8-14(23)15-16-19-20-17-15/h2-8,23H,9H2,1H3,(H,16,17,19,20). The van der Waals surface area contributed by atoms with Crippen LogP contribution < -0.4 is 0 Å². The number of aromatic nitrogens is 6. The van der Waals surface area contributed by atoms with E-state index in [4.69, 9.17) is 0 Å². The molecule has 3 aromatic rings. The van der Waals surface area contributed by atoms with Crippen molar-refractivity contribution in [3.05, 3.63) is 65.2 Å². The number of rotatable bonds is 5. The molecule has 8 nitrogen and oxygen atoms in total. The number of hydrogen-bond donors (Lipinski definition) is 2. The van der Waals surface area contributed by atoms with Crippen molar-refractivity contribution in [1.29, 1.82) is 0 Å². The number of nitrogens with zero attached hydrogens (tertiary/aromatic N) is 5. The molecule has 0 aliphatic rings. The van der Waals surface area contributed by atoms with Crippen molar-refractivity contribution in [1.82, 2.24) is 30.4 Å². The lowest BCUT2D eigenvalue weighted by molar-refractivity contribution is 0.104. The van der Waals surface area contributed by atoms with Crippen LogP contribution in [0.3, 0.4) is 0 Å². The van der Waals surface area contributed by atoms with E-state index in [0.29, 0.717) is 6.54 Å². The maximum Gasteiger partial charge on any atom is 0.239 e. The van der Waals surface area contributed by atoms with E-state index in [2.05, 4.69) is 25.7 Å². The molecule has 0 saturated heterocycles. The van der Waals surface area contributed by atoms with Gasteiger partial charge in [0.1, 0.15) is 5.69 Å². The number of ketones is 1. The molecule has 3 rings (SSSR count). The molecule has 8 heteroatoms. The van der Waals surface area contributed by atoms with Crippen LogP contribution in [0.2, 0.25) is 0 Å². The van der Waals surface area contributed by atoms with Crippen LogP contribution >= 0.6 is 0 Å². The molecule has 0 fully saturated rings. The van der Waals surface area contributed by atoms with Crippen molar-refractivity contribution < 1.29 is 9.90 Å². The molecule has 0 amide bonds. The molecule has 1 aromatic carbocycles. The van der Waals surface area contributed by atoms with Gasteiger partial charge in [-0.1, -0.05) is 29.8 Å². The topological polar surface area (TPSA) is 110 Å². The van der Waals surface area contributed by atoms with Gasteiger partial charge in [-0.15, -0.1) is 10.2 Å². The van der Waals surface area contributed by atoms with Gasteiger partial charge >= 0.3 is 0 Å². The number of nitrogens with one attached hydrogen (secondary N) is 1. The van der Waals surface area contributed by atoms with Crippen LogP contribution in [0.1, 0.15) is 27.4 Å². The Morgan fingerprint density at radius 1 is 1.30 bits per heavy atom. The maximum atomic E-state index is 12.1. The maximum absolute atomic E-state index is 12.1. The summed E-state index contributed by atoms with van der Waals surface area (Å²) in [6.45, 7) is 2.59. The summed E-state index contributed by atoms with van der Waals surface area (Å²) in [5.74, 6) is -0.843. The Bertz CT molecular complexity index is 833. The first kappa shape index (κ1) is 14.6. The van der Waals surface area contributed by atoms with Gasteiger partial charge in [0.15, 0.2) is 5.76 Å². The monoisotopic (exact) mass is 310 g/mol. The molecule has 2 N–H and O–H groups in total. The molecular weight excluding hydrogens is 296 g/mol. The highest BCUT2D eigenvalue weighted by atomic mass is 16.3. The Morgan fingerprint density at radius 3 is 2.78 bits per heavy atom. The first-order valence-electron chi connectivity index (χ1n) is 6.89. The van der Waals surface area contributed by atoms with Crippen LogP contribution in [-0.4, -0.2) is 41.3 Å². The third kappa shape index (κ3) is 3.49. The zero-order chi connectivity index (χ0) is 16.2. The number of carbonyl (C=O) groups is 1. The number of H-pyrrole nitrogens is 1. The predicted molar refractivity (Wildman–Crippen MR) is 81.6 cm³/mol. The second-order valence-corrected chi connectivity index (χ2v) is 5.01. The molecule has 23 heavy (non-hydrogen) atoms. The van der Waals surface area contributed by atoms with Crippen LogP contribution in [0.25, 0.3) is 5.76 Å². The van der Waals surface area contributed by atoms with Gasteiger partial charge in [-0.2, -0.15) is 10.3 Å². The number of carbonyl (C=O) groups excluding carboxylic acids is 1. The van der Waals surface area contributed by atoms with E-state index < -0.39 is 5.78 Å². The normalized spacial score (nSPS) is 11.6. The highest BCUT2D eigenvalue weighted by Crippen LogP contribution is 2.08. The van der Waals surface area contributed by atoms with E-state index in [0.717, 1.165) is 11.6 Å². The molecule has 0 radical (unpaired) electrons. The minimum absolute atomic E-state index is 0.0440. The molecule has 0 atom stereocenters. The van der Waals surface area contributed by atoms with Gasteiger partial charge in [0.2, 0.25) is 11.6 Å². The molecule has 0 bridgehead atoms. The fraction of sp³-hybridized carbons (Fsp3) is 0.133. The van der Waals surface area contributed by atoms with Crippen LogP contribution in [-0.2, 0) is 6.54 Å². The highest BCUT2D eigenvalue weighted by molar-refractivity contribution is 6.06. The van der Waals surface area contributed by atoms with Gasteiger partial charge in [-0.3, -0.25) is 9.48 Å². The number of aliphatic hydroxyl groups is 1. The summed E-state index contributed by atoms with van der Waals surface area (Å²) in [6, 6.07) is 9.67. The van der Waals surface area contributed by atoms with E-state index in [1.54, 1.807) is 16.9 Å². The average molecular weight is 310 g/mol. The Labute approximate surface area is 131 Å².